The fraction of sp³-hybridized carbons (Fsp3) is 0.429. The number of urea groups is 1. The summed E-state index contributed by atoms with van der Waals surface area (Å²) in [5, 5.41) is 3.79. The van der Waals surface area contributed by atoms with Gasteiger partial charge in [-0.05, 0) is 38.3 Å². The summed E-state index contributed by atoms with van der Waals surface area (Å²) in [5.41, 5.74) is 8.83. The maximum absolute atomic E-state index is 14.2. The smallest absolute Gasteiger partial charge is 0.332 e. The standard InChI is InChI=1S/C14H19FN4O/c1-10(17-18-14(16)20)11-5-6-13(12(15)9-11)19-7-3-2-4-8-19/h5-6,9H,2-4,7-8H2,1H3,(H3,16,18,20). The van der Waals surface area contributed by atoms with Gasteiger partial charge in [0.25, 0.3) is 0 Å². The summed E-state index contributed by atoms with van der Waals surface area (Å²) in [7, 11) is 0. The van der Waals surface area contributed by atoms with Gasteiger partial charge in [-0.2, -0.15) is 5.10 Å². The Kier molecular flexibility index (Phi) is 4.55. The van der Waals surface area contributed by atoms with E-state index >= 15 is 0 Å². The number of amides is 2. The van der Waals surface area contributed by atoms with Crippen LogP contribution in [0.25, 0.3) is 0 Å². The first kappa shape index (κ1) is 14.3. The number of nitrogens with one attached hydrogen (secondary N) is 1. The number of benzene rings is 1. The van der Waals surface area contributed by atoms with Gasteiger partial charge in [0, 0.05) is 18.7 Å². The summed E-state index contributed by atoms with van der Waals surface area (Å²) in [6, 6.07) is 4.26. The molecule has 3 N–H and O–H groups in total. The number of anilines is 1. The summed E-state index contributed by atoms with van der Waals surface area (Å²) in [6.45, 7) is 3.48. The van der Waals surface area contributed by atoms with Gasteiger partial charge in [-0.3, -0.25) is 0 Å². The van der Waals surface area contributed by atoms with Crippen molar-refractivity contribution in [2.45, 2.75) is 26.2 Å². The molecule has 0 aliphatic carbocycles. The Bertz CT molecular complexity index is 524. The number of carbonyl (C=O) groups excluding carboxylic acids is 1. The van der Waals surface area contributed by atoms with E-state index in [-0.39, 0.29) is 5.82 Å². The van der Waals surface area contributed by atoms with Crippen LogP contribution in [0.5, 0.6) is 0 Å². The molecule has 0 aromatic heterocycles. The molecule has 108 valence electrons. The first-order chi connectivity index (χ1) is 9.58. The zero-order chi connectivity index (χ0) is 14.5. The van der Waals surface area contributed by atoms with Crippen LogP contribution < -0.4 is 16.1 Å². The molecular weight excluding hydrogens is 259 g/mol. The van der Waals surface area contributed by atoms with Gasteiger partial charge in [0.15, 0.2) is 0 Å². The van der Waals surface area contributed by atoms with Crippen LogP contribution >= 0.6 is 0 Å². The van der Waals surface area contributed by atoms with Crippen LogP contribution in [-0.4, -0.2) is 24.8 Å². The van der Waals surface area contributed by atoms with Gasteiger partial charge < -0.3 is 10.6 Å². The zero-order valence-corrected chi connectivity index (χ0v) is 11.5. The normalized spacial score (nSPS) is 16.1. The molecule has 1 fully saturated rings. The lowest BCUT2D eigenvalue weighted by atomic mass is 10.1. The molecule has 1 heterocycles. The Morgan fingerprint density at radius 1 is 1.35 bits per heavy atom. The summed E-state index contributed by atoms with van der Waals surface area (Å²) < 4.78 is 14.2. The number of piperidine rings is 1. The second-order valence-corrected chi connectivity index (χ2v) is 4.89. The zero-order valence-electron chi connectivity index (χ0n) is 11.5. The van der Waals surface area contributed by atoms with Crippen LogP contribution in [-0.2, 0) is 0 Å². The van der Waals surface area contributed by atoms with Gasteiger partial charge in [0.2, 0.25) is 0 Å². The lowest BCUT2D eigenvalue weighted by Gasteiger charge is -2.29. The Hall–Kier alpha value is -2.11. The van der Waals surface area contributed by atoms with Crippen LogP contribution in [0.15, 0.2) is 23.3 Å². The molecule has 0 bridgehead atoms. The van der Waals surface area contributed by atoms with Gasteiger partial charge in [-0.15, -0.1) is 0 Å². The van der Waals surface area contributed by atoms with Crippen molar-refractivity contribution < 1.29 is 9.18 Å². The van der Waals surface area contributed by atoms with E-state index in [2.05, 4.69) is 15.4 Å². The van der Waals surface area contributed by atoms with Crippen LogP contribution in [0.4, 0.5) is 14.9 Å². The Morgan fingerprint density at radius 2 is 2.05 bits per heavy atom. The van der Waals surface area contributed by atoms with Crippen molar-refractivity contribution in [3.8, 4) is 0 Å². The average molecular weight is 278 g/mol. The monoisotopic (exact) mass is 278 g/mol. The van der Waals surface area contributed by atoms with Crippen molar-refractivity contribution in [3.05, 3.63) is 29.6 Å². The second-order valence-electron chi connectivity index (χ2n) is 4.89. The summed E-state index contributed by atoms with van der Waals surface area (Å²) in [5.74, 6) is -0.266. The molecule has 0 unspecified atom stereocenters. The average Bonchev–Trinajstić information content (AvgIpc) is 2.45. The van der Waals surface area contributed by atoms with Crippen LogP contribution in [0, 0.1) is 5.82 Å². The number of nitrogens with two attached hydrogens (primary N) is 1. The predicted molar refractivity (Wildman–Crippen MR) is 77.4 cm³/mol. The molecule has 2 rings (SSSR count). The van der Waals surface area contributed by atoms with Gasteiger partial charge in [0.05, 0.1) is 11.4 Å². The lowest BCUT2D eigenvalue weighted by Crippen LogP contribution is -2.30. The van der Waals surface area contributed by atoms with Gasteiger partial charge >= 0.3 is 6.03 Å². The van der Waals surface area contributed by atoms with E-state index < -0.39 is 6.03 Å². The van der Waals surface area contributed by atoms with E-state index in [0.29, 0.717) is 17.0 Å². The molecule has 0 radical (unpaired) electrons. The molecule has 0 spiro atoms. The van der Waals surface area contributed by atoms with E-state index in [0.717, 1.165) is 25.9 Å². The summed E-state index contributed by atoms with van der Waals surface area (Å²) in [4.78, 5) is 12.7. The number of halogens is 1. The number of rotatable bonds is 3. The highest BCUT2D eigenvalue weighted by molar-refractivity contribution is 5.99. The number of hydrogen-bond donors (Lipinski definition) is 2. The topological polar surface area (TPSA) is 70.7 Å². The van der Waals surface area contributed by atoms with E-state index in [1.165, 1.54) is 12.5 Å². The van der Waals surface area contributed by atoms with E-state index in [1.807, 2.05) is 0 Å². The number of hydrogen-bond acceptors (Lipinski definition) is 3. The van der Waals surface area contributed by atoms with Crippen LogP contribution in [0.1, 0.15) is 31.7 Å². The highest BCUT2D eigenvalue weighted by Crippen LogP contribution is 2.24. The number of carbonyl (C=O) groups is 1. The Labute approximate surface area is 117 Å². The van der Waals surface area contributed by atoms with Gasteiger partial charge in [-0.1, -0.05) is 6.07 Å². The number of nitrogens with zero attached hydrogens (tertiary/aromatic N) is 2. The molecule has 0 atom stereocenters. The highest BCUT2D eigenvalue weighted by Gasteiger charge is 2.15. The summed E-state index contributed by atoms with van der Waals surface area (Å²) in [6.07, 6.45) is 3.41. The third-order valence-electron chi connectivity index (χ3n) is 3.40. The van der Waals surface area contributed by atoms with Crippen LogP contribution in [0.2, 0.25) is 0 Å². The highest BCUT2D eigenvalue weighted by atomic mass is 19.1. The Morgan fingerprint density at radius 3 is 2.65 bits per heavy atom. The summed E-state index contributed by atoms with van der Waals surface area (Å²) >= 11 is 0. The molecule has 1 saturated heterocycles. The van der Waals surface area contributed by atoms with Crippen molar-refractivity contribution in [3.63, 3.8) is 0 Å². The molecule has 0 saturated carbocycles. The molecule has 1 aromatic carbocycles. The van der Waals surface area contributed by atoms with Crippen molar-refractivity contribution >= 4 is 17.4 Å². The maximum Gasteiger partial charge on any atom is 0.332 e. The quantitative estimate of drug-likeness (QED) is 0.657. The third-order valence-corrected chi connectivity index (χ3v) is 3.40. The predicted octanol–water partition coefficient (Wildman–Crippen LogP) is 2.21. The van der Waals surface area contributed by atoms with E-state index in [9.17, 15) is 9.18 Å². The minimum absolute atomic E-state index is 0.266. The Balaban J connectivity index is 2.16. The minimum atomic E-state index is -0.741. The van der Waals surface area contributed by atoms with E-state index in [4.69, 9.17) is 5.73 Å². The maximum atomic E-state index is 14.2. The molecule has 6 heteroatoms. The minimum Gasteiger partial charge on any atom is -0.369 e. The molecule has 1 aliphatic rings. The molecule has 2 amide bonds. The van der Waals surface area contributed by atoms with Crippen LogP contribution in [0.3, 0.4) is 0 Å². The molecule has 20 heavy (non-hydrogen) atoms. The molecular formula is C14H19FN4O. The molecule has 5 nitrogen and oxygen atoms in total. The fourth-order valence-corrected chi connectivity index (χ4v) is 2.33. The second kappa shape index (κ2) is 6.36. The van der Waals surface area contributed by atoms with Crippen molar-refractivity contribution in [1.82, 2.24) is 5.43 Å². The molecule has 1 aliphatic heterocycles. The first-order valence-electron chi connectivity index (χ1n) is 6.72. The van der Waals surface area contributed by atoms with Gasteiger partial charge in [-0.25, -0.2) is 14.6 Å². The molecule has 1 aromatic rings. The first-order valence-corrected chi connectivity index (χ1v) is 6.72. The van der Waals surface area contributed by atoms with Crippen molar-refractivity contribution in [1.29, 1.82) is 0 Å². The fourth-order valence-electron chi connectivity index (χ4n) is 2.33. The number of primary amides is 1. The van der Waals surface area contributed by atoms with Crippen molar-refractivity contribution in [2.24, 2.45) is 10.8 Å². The van der Waals surface area contributed by atoms with Crippen molar-refractivity contribution in [2.75, 3.05) is 18.0 Å². The number of hydrazone groups is 1. The van der Waals surface area contributed by atoms with Gasteiger partial charge in [0.1, 0.15) is 5.82 Å². The van der Waals surface area contributed by atoms with E-state index in [1.54, 1.807) is 19.1 Å². The SMILES string of the molecule is CC(=NNC(N)=O)c1ccc(N2CCCCC2)c(F)c1. The third kappa shape index (κ3) is 3.46. The lowest BCUT2D eigenvalue weighted by molar-refractivity contribution is 0.249. The largest absolute Gasteiger partial charge is 0.369 e.